The first kappa shape index (κ1) is 15.4. The second-order valence-corrected chi connectivity index (χ2v) is 7.03. The van der Waals surface area contributed by atoms with E-state index in [0.717, 1.165) is 0 Å². The van der Waals surface area contributed by atoms with Crippen molar-refractivity contribution in [3.63, 3.8) is 0 Å². The van der Waals surface area contributed by atoms with E-state index in [1.807, 2.05) is 0 Å². The molecule has 0 radical (unpaired) electrons. The Kier molecular flexibility index (Phi) is 5.09. The normalized spacial score (nSPS) is 21.5. The molecule has 2 nitrogen and oxygen atoms in total. The second kappa shape index (κ2) is 6.62. The molecule has 0 spiro atoms. The third-order valence-electron chi connectivity index (χ3n) is 4.39. The van der Waals surface area contributed by atoms with Gasteiger partial charge in [-0.1, -0.05) is 39.8 Å². The van der Waals surface area contributed by atoms with Crippen LogP contribution in [0.1, 0.15) is 52.5 Å². The zero-order valence-corrected chi connectivity index (χ0v) is 13.6. The van der Waals surface area contributed by atoms with Crippen LogP contribution in [-0.4, -0.2) is 30.6 Å². The molecule has 1 aliphatic rings. The molecule has 2 rings (SSSR count). The Morgan fingerprint density at radius 2 is 1.80 bits per heavy atom. The SMILES string of the molecule is CCN1CCCC(Nc2ccc(C(C)(C)C)cc2)CC1. The summed E-state index contributed by atoms with van der Waals surface area (Å²) in [4.78, 5) is 2.56. The Labute approximate surface area is 124 Å². The Balaban J connectivity index is 1.93. The lowest BCUT2D eigenvalue weighted by Gasteiger charge is -2.21. The van der Waals surface area contributed by atoms with Crippen LogP contribution in [0.5, 0.6) is 0 Å². The highest BCUT2D eigenvalue weighted by Gasteiger charge is 2.16. The van der Waals surface area contributed by atoms with Crippen LogP contribution < -0.4 is 5.32 Å². The van der Waals surface area contributed by atoms with Crippen molar-refractivity contribution in [2.75, 3.05) is 25.0 Å². The second-order valence-electron chi connectivity index (χ2n) is 7.03. The lowest BCUT2D eigenvalue weighted by molar-refractivity contribution is 0.300. The van der Waals surface area contributed by atoms with Crippen LogP contribution in [0.3, 0.4) is 0 Å². The molecule has 1 unspecified atom stereocenters. The van der Waals surface area contributed by atoms with Gasteiger partial charge >= 0.3 is 0 Å². The van der Waals surface area contributed by atoms with Crippen molar-refractivity contribution in [1.82, 2.24) is 4.90 Å². The molecule has 0 bridgehead atoms. The van der Waals surface area contributed by atoms with E-state index >= 15 is 0 Å². The number of likely N-dealkylation sites (tertiary alicyclic amines) is 1. The number of nitrogens with one attached hydrogen (secondary N) is 1. The van der Waals surface area contributed by atoms with Gasteiger partial charge in [0.15, 0.2) is 0 Å². The number of hydrogen-bond donors (Lipinski definition) is 1. The molecule has 1 aliphatic heterocycles. The van der Waals surface area contributed by atoms with Crippen LogP contribution in [-0.2, 0) is 5.41 Å². The minimum atomic E-state index is 0.239. The van der Waals surface area contributed by atoms with Crippen LogP contribution in [0.2, 0.25) is 0 Å². The summed E-state index contributed by atoms with van der Waals surface area (Å²) in [5.74, 6) is 0. The van der Waals surface area contributed by atoms with E-state index in [4.69, 9.17) is 0 Å². The summed E-state index contributed by atoms with van der Waals surface area (Å²) in [6.07, 6.45) is 3.86. The molecule has 2 heteroatoms. The quantitative estimate of drug-likeness (QED) is 0.885. The third-order valence-corrected chi connectivity index (χ3v) is 4.39. The summed E-state index contributed by atoms with van der Waals surface area (Å²) >= 11 is 0. The predicted octanol–water partition coefficient (Wildman–Crippen LogP) is 4.27. The summed E-state index contributed by atoms with van der Waals surface area (Å²) in [6, 6.07) is 9.63. The van der Waals surface area contributed by atoms with Crippen molar-refractivity contribution in [2.24, 2.45) is 0 Å². The number of rotatable bonds is 3. The summed E-state index contributed by atoms with van der Waals surface area (Å²) in [5, 5.41) is 3.72. The first-order valence-electron chi connectivity index (χ1n) is 8.08. The largest absolute Gasteiger partial charge is 0.382 e. The van der Waals surface area contributed by atoms with Crippen molar-refractivity contribution in [2.45, 2.75) is 58.4 Å². The van der Waals surface area contributed by atoms with Gasteiger partial charge in [-0.3, -0.25) is 0 Å². The summed E-state index contributed by atoms with van der Waals surface area (Å²) in [7, 11) is 0. The average Bonchev–Trinajstić information content (AvgIpc) is 2.63. The van der Waals surface area contributed by atoms with E-state index in [1.54, 1.807) is 0 Å². The molecule has 1 aromatic carbocycles. The molecule has 1 atom stereocenters. The van der Waals surface area contributed by atoms with E-state index in [0.29, 0.717) is 6.04 Å². The van der Waals surface area contributed by atoms with E-state index in [-0.39, 0.29) is 5.41 Å². The highest BCUT2D eigenvalue weighted by Crippen LogP contribution is 2.24. The first-order chi connectivity index (χ1) is 9.49. The zero-order chi connectivity index (χ0) is 14.6. The van der Waals surface area contributed by atoms with Gasteiger partial charge in [0.1, 0.15) is 0 Å². The van der Waals surface area contributed by atoms with E-state index < -0.39 is 0 Å². The highest BCUT2D eigenvalue weighted by molar-refractivity contribution is 5.46. The number of hydrogen-bond acceptors (Lipinski definition) is 2. The van der Waals surface area contributed by atoms with E-state index in [2.05, 4.69) is 62.2 Å². The predicted molar refractivity (Wildman–Crippen MR) is 88.5 cm³/mol. The molecule has 112 valence electrons. The van der Waals surface area contributed by atoms with Gasteiger partial charge in [0.05, 0.1) is 0 Å². The number of benzene rings is 1. The molecule has 1 fully saturated rings. The van der Waals surface area contributed by atoms with Gasteiger partial charge in [0.25, 0.3) is 0 Å². The number of anilines is 1. The Bertz CT molecular complexity index is 402. The molecule has 1 heterocycles. The van der Waals surface area contributed by atoms with Crippen LogP contribution in [0.25, 0.3) is 0 Å². The lowest BCUT2D eigenvalue weighted by atomic mass is 9.87. The molecule has 0 saturated carbocycles. The molecule has 0 amide bonds. The van der Waals surface area contributed by atoms with Gasteiger partial charge < -0.3 is 10.2 Å². The van der Waals surface area contributed by atoms with Crippen LogP contribution in [0, 0.1) is 0 Å². The molecule has 0 aliphatic carbocycles. The van der Waals surface area contributed by atoms with Gasteiger partial charge in [-0.15, -0.1) is 0 Å². The smallest absolute Gasteiger partial charge is 0.0342 e. The Morgan fingerprint density at radius 1 is 1.10 bits per heavy atom. The molecule has 1 aromatic rings. The fraction of sp³-hybridized carbons (Fsp3) is 0.667. The molecule has 1 saturated heterocycles. The van der Waals surface area contributed by atoms with Crippen LogP contribution in [0.4, 0.5) is 5.69 Å². The monoisotopic (exact) mass is 274 g/mol. The van der Waals surface area contributed by atoms with Crippen molar-refractivity contribution in [3.8, 4) is 0 Å². The van der Waals surface area contributed by atoms with Gasteiger partial charge in [-0.25, -0.2) is 0 Å². The molecule has 1 N–H and O–H groups in total. The fourth-order valence-electron chi connectivity index (χ4n) is 2.92. The maximum atomic E-state index is 3.72. The first-order valence-corrected chi connectivity index (χ1v) is 8.08. The maximum absolute atomic E-state index is 3.72. The van der Waals surface area contributed by atoms with Crippen molar-refractivity contribution >= 4 is 5.69 Å². The van der Waals surface area contributed by atoms with Crippen LogP contribution >= 0.6 is 0 Å². The van der Waals surface area contributed by atoms with E-state index in [9.17, 15) is 0 Å². The van der Waals surface area contributed by atoms with Gasteiger partial charge in [0, 0.05) is 18.3 Å². The minimum absolute atomic E-state index is 0.239. The Morgan fingerprint density at radius 3 is 2.40 bits per heavy atom. The third kappa shape index (κ3) is 4.24. The standard InChI is InChI=1S/C18H30N2/c1-5-20-13-6-7-16(12-14-20)19-17-10-8-15(9-11-17)18(2,3)4/h8-11,16,19H,5-7,12-14H2,1-4H3. The maximum Gasteiger partial charge on any atom is 0.0342 e. The molecule has 0 aromatic heterocycles. The molecular weight excluding hydrogens is 244 g/mol. The highest BCUT2D eigenvalue weighted by atomic mass is 15.1. The molecule has 20 heavy (non-hydrogen) atoms. The fourth-order valence-corrected chi connectivity index (χ4v) is 2.92. The summed E-state index contributed by atoms with van der Waals surface area (Å²) < 4.78 is 0. The topological polar surface area (TPSA) is 15.3 Å². The minimum Gasteiger partial charge on any atom is -0.382 e. The average molecular weight is 274 g/mol. The van der Waals surface area contributed by atoms with Crippen LogP contribution in [0.15, 0.2) is 24.3 Å². The van der Waals surface area contributed by atoms with Gasteiger partial charge in [-0.05, 0) is 55.5 Å². The zero-order valence-electron chi connectivity index (χ0n) is 13.6. The summed E-state index contributed by atoms with van der Waals surface area (Å²) in [6.45, 7) is 12.7. The van der Waals surface area contributed by atoms with Crippen molar-refractivity contribution in [3.05, 3.63) is 29.8 Å². The van der Waals surface area contributed by atoms with E-state index in [1.165, 1.54) is 50.1 Å². The van der Waals surface area contributed by atoms with Gasteiger partial charge in [-0.2, -0.15) is 0 Å². The lowest BCUT2D eigenvalue weighted by Crippen LogP contribution is -2.26. The van der Waals surface area contributed by atoms with Crippen molar-refractivity contribution < 1.29 is 0 Å². The van der Waals surface area contributed by atoms with Crippen molar-refractivity contribution in [1.29, 1.82) is 0 Å². The molecular formula is C18H30N2. The summed E-state index contributed by atoms with van der Waals surface area (Å²) in [5.41, 5.74) is 2.91. The van der Waals surface area contributed by atoms with Gasteiger partial charge in [0.2, 0.25) is 0 Å². The number of nitrogens with zero attached hydrogens (tertiary/aromatic N) is 1. The Hall–Kier alpha value is -1.02.